The van der Waals surface area contributed by atoms with Crippen LogP contribution in [0.4, 0.5) is 0 Å². The van der Waals surface area contributed by atoms with Crippen LogP contribution in [0.2, 0.25) is 0 Å². The van der Waals surface area contributed by atoms with E-state index in [0.717, 1.165) is 28.0 Å². The van der Waals surface area contributed by atoms with E-state index in [9.17, 15) is 10.2 Å². The molecule has 0 radical (unpaired) electrons. The van der Waals surface area contributed by atoms with Crippen LogP contribution in [0.3, 0.4) is 0 Å². The van der Waals surface area contributed by atoms with Gasteiger partial charge in [0.05, 0.1) is 20.3 Å². The number of benzene rings is 3. The van der Waals surface area contributed by atoms with E-state index in [4.69, 9.17) is 14.2 Å². The van der Waals surface area contributed by atoms with E-state index in [0.29, 0.717) is 23.6 Å². The summed E-state index contributed by atoms with van der Waals surface area (Å²) in [5, 5.41) is 21.9. The van der Waals surface area contributed by atoms with Crippen molar-refractivity contribution in [3.05, 3.63) is 88.5 Å². The summed E-state index contributed by atoms with van der Waals surface area (Å²) in [4.78, 5) is 2.02. The maximum absolute atomic E-state index is 11.0. The van der Waals surface area contributed by atoms with Crippen molar-refractivity contribution in [2.75, 3.05) is 21.3 Å². The standard InChI is InChI=1S/C31H37NO5/c1-7-11-21-14-25-19(2)30(37-31(25)27(15-21)36-6)23-16-24(29(34)26(17-23)35-5)18-32(4)20(3)28(33)22-12-9-8-10-13-22/h7-17,19-20,28,30,33-34H,18H2,1-6H3/b11-7+. The lowest BCUT2D eigenvalue weighted by Crippen LogP contribution is -2.34. The number of aromatic hydroxyl groups is 1. The summed E-state index contributed by atoms with van der Waals surface area (Å²) in [5.74, 6) is 2.00. The molecule has 0 saturated heterocycles. The van der Waals surface area contributed by atoms with Crippen molar-refractivity contribution in [1.82, 2.24) is 4.90 Å². The number of methoxy groups -OCH3 is 2. The Hall–Kier alpha value is -3.48. The molecule has 4 rings (SSSR count). The van der Waals surface area contributed by atoms with Gasteiger partial charge in [-0.3, -0.25) is 4.90 Å². The molecular formula is C31H37NO5. The van der Waals surface area contributed by atoms with Gasteiger partial charge in [-0.1, -0.05) is 49.4 Å². The average Bonchev–Trinajstić information content (AvgIpc) is 3.25. The fourth-order valence-electron chi connectivity index (χ4n) is 5.01. The maximum Gasteiger partial charge on any atom is 0.165 e. The van der Waals surface area contributed by atoms with Gasteiger partial charge in [-0.05, 0) is 61.9 Å². The average molecular weight is 504 g/mol. The van der Waals surface area contributed by atoms with Gasteiger partial charge >= 0.3 is 0 Å². The molecule has 1 aliphatic rings. The van der Waals surface area contributed by atoms with Crippen molar-refractivity contribution < 1.29 is 24.4 Å². The van der Waals surface area contributed by atoms with E-state index in [-0.39, 0.29) is 23.8 Å². The fraction of sp³-hybridized carbons (Fsp3) is 0.355. The summed E-state index contributed by atoms with van der Waals surface area (Å²) in [6, 6.07) is 17.4. The molecule has 0 amide bonds. The number of rotatable bonds is 9. The predicted molar refractivity (Wildman–Crippen MR) is 146 cm³/mol. The molecule has 0 spiro atoms. The highest BCUT2D eigenvalue weighted by Gasteiger charge is 2.36. The second-order valence-electron chi connectivity index (χ2n) is 9.71. The van der Waals surface area contributed by atoms with Crippen molar-refractivity contribution in [3.8, 4) is 23.0 Å². The highest BCUT2D eigenvalue weighted by atomic mass is 16.5. The van der Waals surface area contributed by atoms with Gasteiger partial charge in [0.15, 0.2) is 23.0 Å². The Balaban J connectivity index is 1.64. The number of phenolic OH excluding ortho intramolecular Hbond substituents is 1. The Bertz CT molecular complexity index is 1260. The van der Waals surface area contributed by atoms with E-state index in [2.05, 4.69) is 13.0 Å². The first-order chi connectivity index (χ1) is 17.8. The molecule has 0 bridgehead atoms. The minimum absolute atomic E-state index is 0.0627. The number of allylic oxidation sites excluding steroid dienone is 1. The number of hydrogen-bond donors (Lipinski definition) is 2. The molecule has 37 heavy (non-hydrogen) atoms. The van der Waals surface area contributed by atoms with E-state index in [1.54, 1.807) is 14.2 Å². The molecule has 1 aliphatic heterocycles. The van der Waals surface area contributed by atoms with Crippen LogP contribution >= 0.6 is 0 Å². The molecule has 1 heterocycles. The number of fused-ring (bicyclic) bond motifs is 1. The third-order valence-electron chi connectivity index (χ3n) is 7.31. The largest absolute Gasteiger partial charge is 0.504 e. The first-order valence-corrected chi connectivity index (χ1v) is 12.6. The van der Waals surface area contributed by atoms with E-state index in [1.165, 1.54) is 0 Å². The summed E-state index contributed by atoms with van der Waals surface area (Å²) in [5.41, 5.74) is 4.62. The minimum Gasteiger partial charge on any atom is -0.504 e. The zero-order chi connectivity index (χ0) is 26.7. The van der Waals surface area contributed by atoms with Crippen LogP contribution in [-0.2, 0) is 6.54 Å². The summed E-state index contributed by atoms with van der Waals surface area (Å²) in [6.45, 7) is 6.52. The predicted octanol–water partition coefficient (Wildman–Crippen LogP) is 6.23. The molecule has 4 atom stereocenters. The Morgan fingerprint density at radius 2 is 1.76 bits per heavy atom. The van der Waals surface area contributed by atoms with E-state index < -0.39 is 6.10 Å². The zero-order valence-corrected chi connectivity index (χ0v) is 22.4. The number of ether oxygens (including phenoxy) is 3. The molecule has 0 saturated carbocycles. The Labute approximate surface area is 219 Å². The van der Waals surface area contributed by atoms with E-state index >= 15 is 0 Å². The molecule has 196 valence electrons. The molecule has 3 aromatic carbocycles. The topological polar surface area (TPSA) is 71.4 Å². The van der Waals surface area contributed by atoms with Gasteiger partial charge in [-0.2, -0.15) is 0 Å². The molecule has 6 heteroatoms. The van der Waals surface area contributed by atoms with Crippen LogP contribution in [0.5, 0.6) is 23.0 Å². The highest BCUT2D eigenvalue weighted by molar-refractivity contribution is 5.62. The number of hydrogen-bond acceptors (Lipinski definition) is 6. The second-order valence-corrected chi connectivity index (χ2v) is 9.71. The van der Waals surface area contributed by atoms with E-state index in [1.807, 2.05) is 86.5 Å². The zero-order valence-electron chi connectivity index (χ0n) is 22.4. The Kier molecular flexibility index (Phi) is 8.10. The number of phenols is 1. The van der Waals surface area contributed by atoms with Crippen LogP contribution in [0.1, 0.15) is 66.7 Å². The first-order valence-electron chi connectivity index (χ1n) is 12.6. The summed E-state index contributed by atoms with van der Waals surface area (Å²) >= 11 is 0. The van der Waals surface area contributed by atoms with Gasteiger partial charge in [-0.15, -0.1) is 0 Å². The molecule has 4 unspecified atom stereocenters. The van der Waals surface area contributed by atoms with Gasteiger partial charge in [0, 0.05) is 29.6 Å². The third-order valence-corrected chi connectivity index (χ3v) is 7.31. The molecule has 2 N–H and O–H groups in total. The van der Waals surface area contributed by atoms with Crippen LogP contribution in [0, 0.1) is 0 Å². The molecule has 0 aromatic heterocycles. The quantitative estimate of drug-likeness (QED) is 0.361. The SMILES string of the molecule is C/C=C/c1cc(OC)c2c(c1)C(C)C(c1cc(CN(C)C(C)C(O)c3ccccc3)c(O)c(OC)c1)O2. The van der Waals surface area contributed by atoms with Gasteiger partial charge in [0.2, 0.25) is 0 Å². The number of likely N-dealkylation sites (N-methyl/N-ethyl adjacent to an activating group) is 1. The van der Waals surface area contributed by atoms with Crippen molar-refractivity contribution in [3.63, 3.8) is 0 Å². The number of aliphatic hydroxyl groups is 1. The van der Waals surface area contributed by atoms with Gasteiger partial charge in [0.1, 0.15) is 6.10 Å². The van der Waals surface area contributed by atoms with Crippen molar-refractivity contribution in [2.45, 2.75) is 51.5 Å². The van der Waals surface area contributed by atoms with Gasteiger partial charge < -0.3 is 24.4 Å². The van der Waals surface area contributed by atoms with Gasteiger partial charge in [0.25, 0.3) is 0 Å². The van der Waals surface area contributed by atoms with Crippen LogP contribution in [0.25, 0.3) is 6.08 Å². The second kappa shape index (κ2) is 11.3. The van der Waals surface area contributed by atoms with Crippen molar-refractivity contribution in [2.24, 2.45) is 0 Å². The Morgan fingerprint density at radius 1 is 1.05 bits per heavy atom. The summed E-state index contributed by atoms with van der Waals surface area (Å²) in [6.07, 6.45) is 3.12. The van der Waals surface area contributed by atoms with Gasteiger partial charge in [-0.25, -0.2) is 0 Å². The smallest absolute Gasteiger partial charge is 0.165 e. The van der Waals surface area contributed by atoms with Crippen LogP contribution in [-0.4, -0.2) is 42.4 Å². The minimum atomic E-state index is -0.662. The molecule has 0 fully saturated rings. The van der Waals surface area contributed by atoms with Crippen LogP contribution in [0.15, 0.2) is 60.7 Å². The lowest BCUT2D eigenvalue weighted by atomic mass is 9.90. The van der Waals surface area contributed by atoms with Crippen LogP contribution < -0.4 is 14.2 Å². The molecular weight excluding hydrogens is 466 g/mol. The van der Waals surface area contributed by atoms with Crippen molar-refractivity contribution >= 4 is 6.08 Å². The fourth-order valence-corrected chi connectivity index (χ4v) is 5.01. The molecule has 3 aromatic rings. The molecule has 0 aliphatic carbocycles. The third kappa shape index (κ3) is 5.31. The lowest BCUT2D eigenvalue weighted by Gasteiger charge is -2.30. The first kappa shape index (κ1) is 26.6. The number of nitrogens with zero attached hydrogens (tertiary/aromatic N) is 1. The molecule has 6 nitrogen and oxygen atoms in total. The monoisotopic (exact) mass is 503 g/mol. The lowest BCUT2D eigenvalue weighted by molar-refractivity contribution is 0.0683. The Morgan fingerprint density at radius 3 is 2.41 bits per heavy atom. The van der Waals surface area contributed by atoms with Crippen molar-refractivity contribution in [1.29, 1.82) is 0 Å². The highest BCUT2D eigenvalue weighted by Crippen LogP contribution is 2.52. The number of aliphatic hydroxyl groups excluding tert-OH is 1. The maximum atomic E-state index is 11.0. The normalized spacial score (nSPS) is 18.5. The summed E-state index contributed by atoms with van der Waals surface area (Å²) < 4.78 is 17.7. The summed E-state index contributed by atoms with van der Waals surface area (Å²) in [7, 11) is 5.14.